The van der Waals surface area contributed by atoms with Gasteiger partial charge in [-0.25, -0.2) is 0 Å². The highest BCUT2D eigenvalue weighted by Gasteiger charge is 2.38. The van der Waals surface area contributed by atoms with E-state index in [0.717, 1.165) is 44.6 Å². The quantitative estimate of drug-likeness (QED) is 0.468. The fourth-order valence-corrected chi connectivity index (χ4v) is 4.21. The van der Waals surface area contributed by atoms with Crippen molar-refractivity contribution in [2.75, 3.05) is 20.2 Å². The van der Waals surface area contributed by atoms with Gasteiger partial charge in [0.15, 0.2) is 0 Å². The van der Waals surface area contributed by atoms with Gasteiger partial charge >= 0.3 is 5.97 Å². The third kappa shape index (κ3) is 6.62. The fourth-order valence-electron chi connectivity index (χ4n) is 4.21. The Balaban J connectivity index is 1.37. The first-order valence-electron chi connectivity index (χ1n) is 10.8. The van der Waals surface area contributed by atoms with Gasteiger partial charge in [0, 0.05) is 31.6 Å². The molecule has 0 unspecified atom stereocenters. The molecule has 1 aromatic carbocycles. The van der Waals surface area contributed by atoms with Crippen LogP contribution in [0.4, 0.5) is 0 Å². The Kier molecular flexibility index (Phi) is 7.90. The predicted molar refractivity (Wildman–Crippen MR) is 110 cm³/mol. The number of hydrogen-bond acceptors (Lipinski definition) is 4. The smallest absolute Gasteiger partial charge is 0.307 e. The zero-order valence-corrected chi connectivity index (χ0v) is 17.1. The number of amides is 1. The summed E-state index contributed by atoms with van der Waals surface area (Å²) in [4.78, 5) is 26.4. The van der Waals surface area contributed by atoms with Crippen LogP contribution in [0.2, 0.25) is 0 Å². The number of nitrogens with zero attached hydrogens (tertiary/aromatic N) is 1. The van der Waals surface area contributed by atoms with Gasteiger partial charge in [0.05, 0.1) is 13.5 Å². The molecule has 1 aromatic rings. The molecule has 1 heterocycles. The Hall–Kier alpha value is -1.88. The number of carbonyl (C=O) groups excluding carboxylic acids is 2. The van der Waals surface area contributed by atoms with Gasteiger partial charge in [-0.2, -0.15) is 0 Å². The van der Waals surface area contributed by atoms with E-state index in [2.05, 4.69) is 34.5 Å². The van der Waals surface area contributed by atoms with Crippen LogP contribution < -0.4 is 5.32 Å². The van der Waals surface area contributed by atoms with E-state index < -0.39 is 0 Å². The maximum Gasteiger partial charge on any atom is 0.307 e. The number of rotatable bonds is 11. The molecule has 1 N–H and O–H groups in total. The molecular formula is C23H34N2O3. The van der Waals surface area contributed by atoms with Crippen molar-refractivity contribution in [1.82, 2.24) is 10.2 Å². The van der Waals surface area contributed by atoms with Crippen molar-refractivity contribution in [2.24, 2.45) is 5.92 Å². The second-order valence-corrected chi connectivity index (χ2v) is 8.30. The van der Waals surface area contributed by atoms with Gasteiger partial charge in [-0.05, 0) is 56.4 Å². The van der Waals surface area contributed by atoms with E-state index in [1.165, 1.54) is 25.5 Å². The van der Waals surface area contributed by atoms with Crippen LogP contribution in [0.25, 0.3) is 0 Å². The minimum atomic E-state index is -0.131. The zero-order chi connectivity index (χ0) is 19.8. The molecule has 2 aliphatic rings. The molecule has 5 nitrogen and oxygen atoms in total. The molecule has 0 radical (unpaired) electrons. The monoisotopic (exact) mass is 386 g/mol. The Labute approximate surface area is 168 Å². The molecule has 1 amide bonds. The summed E-state index contributed by atoms with van der Waals surface area (Å²) in [6, 6.07) is 11.0. The SMILES string of the molecule is COC(=O)C[C@H]1CC[C@@H](CNC(=O)CCCCc2ccccc2)N1CC1CC1. The largest absolute Gasteiger partial charge is 0.469 e. The number of nitrogens with one attached hydrogen (secondary N) is 1. The number of likely N-dealkylation sites (tertiary alicyclic amines) is 1. The third-order valence-corrected chi connectivity index (χ3v) is 6.06. The van der Waals surface area contributed by atoms with Crippen LogP contribution in [0.1, 0.15) is 56.9 Å². The lowest BCUT2D eigenvalue weighted by Crippen LogP contribution is -2.44. The lowest BCUT2D eigenvalue weighted by molar-refractivity contribution is -0.142. The van der Waals surface area contributed by atoms with E-state index in [1.807, 2.05) is 6.07 Å². The summed E-state index contributed by atoms with van der Waals surface area (Å²) in [5.74, 6) is 0.791. The summed E-state index contributed by atoms with van der Waals surface area (Å²) in [5, 5.41) is 3.14. The van der Waals surface area contributed by atoms with Gasteiger partial charge in [0.2, 0.25) is 5.91 Å². The molecule has 5 heteroatoms. The molecule has 1 saturated carbocycles. The Bertz CT molecular complexity index is 630. The molecule has 1 aliphatic carbocycles. The summed E-state index contributed by atoms with van der Waals surface area (Å²) in [6.07, 6.45) is 8.69. The fraction of sp³-hybridized carbons (Fsp3) is 0.652. The van der Waals surface area contributed by atoms with Gasteiger partial charge in [-0.1, -0.05) is 30.3 Å². The summed E-state index contributed by atoms with van der Waals surface area (Å²) < 4.78 is 4.87. The summed E-state index contributed by atoms with van der Waals surface area (Å²) in [5.41, 5.74) is 1.33. The van der Waals surface area contributed by atoms with Crippen LogP contribution in [0.15, 0.2) is 30.3 Å². The molecule has 0 bridgehead atoms. The number of unbranched alkanes of at least 4 members (excludes halogenated alkanes) is 1. The van der Waals surface area contributed by atoms with Crippen molar-refractivity contribution >= 4 is 11.9 Å². The predicted octanol–water partition coefficient (Wildman–Crippen LogP) is 3.32. The molecule has 2 atom stereocenters. The Morgan fingerprint density at radius 3 is 2.54 bits per heavy atom. The average molecular weight is 387 g/mol. The standard InChI is InChI=1S/C23H34N2O3/c1-28-23(27)15-20-13-14-21(25(20)17-19-11-12-19)16-24-22(26)10-6-5-9-18-7-3-2-4-8-18/h2-4,7-8,19-21H,5-6,9-17H2,1H3,(H,24,26)/t20-,21+/m1/s1. The number of hydrogen-bond donors (Lipinski definition) is 1. The lowest BCUT2D eigenvalue weighted by Gasteiger charge is -2.30. The van der Waals surface area contributed by atoms with Crippen molar-refractivity contribution < 1.29 is 14.3 Å². The second kappa shape index (κ2) is 10.6. The van der Waals surface area contributed by atoms with E-state index in [1.54, 1.807) is 0 Å². The maximum atomic E-state index is 12.3. The van der Waals surface area contributed by atoms with E-state index in [4.69, 9.17) is 4.74 Å². The second-order valence-electron chi connectivity index (χ2n) is 8.30. The maximum absolute atomic E-state index is 12.3. The molecule has 2 fully saturated rings. The van der Waals surface area contributed by atoms with Crippen molar-refractivity contribution in [3.05, 3.63) is 35.9 Å². The van der Waals surface area contributed by atoms with E-state index in [0.29, 0.717) is 25.4 Å². The summed E-state index contributed by atoms with van der Waals surface area (Å²) in [7, 11) is 1.46. The topological polar surface area (TPSA) is 58.6 Å². The van der Waals surface area contributed by atoms with Crippen LogP contribution in [0, 0.1) is 5.92 Å². The van der Waals surface area contributed by atoms with Gasteiger partial charge in [-0.15, -0.1) is 0 Å². The van der Waals surface area contributed by atoms with Gasteiger partial charge in [0.1, 0.15) is 0 Å². The highest BCUT2D eigenvalue weighted by molar-refractivity contribution is 5.75. The van der Waals surface area contributed by atoms with Crippen molar-refractivity contribution in [3.63, 3.8) is 0 Å². The van der Waals surface area contributed by atoms with Crippen LogP contribution in [-0.2, 0) is 20.7 Å². The number of benzene rings is 1. The van der Waals surface area contributed by atoms with E-state index in [-0.39, 0.29) is 17.9 Å². The molecule has 28 heavy (non-hydrogen) atoms. The molecule has 0 spiro atoms. The Morgan fingerprint density at radius 2 is 1.82 bits per heavy atom. The summed E-state index contributed by atoms with van der Waals surface area (Å²) >= 11 is 0. The minimum Gasteiger partial charge on any atom is -0.469 e. The van der Waals surface area contributed by atoms with Gasteiger partial charge in [-0.3, -0.25) is 14.5 Å². The van der Waals surface area contributed by atoms with E-state index >= 15 is 0 Å². The first-order valence-corrected chi connectivity index (χ1v) is 10.8. The zero-order valence-electron chi connectivity index (χ0n) is 17.1. The number of ether oxygens (including phenoxy) is 1. The molecular weight excluding hydrogens is 352 g/mol. The van der Waals surface area contributed by atoms with Gasteiger partial charge in [0.25, 0.3) is 0 Å². The van der Waals surface area contributed by atoms with Crippen molar-refractivity contribution in [2.45, 2.75) is 69.9 Å². The lowest BCUT2D eigenvalue weighted by atomic mass is 10.1. The molecule has 0 aromatic heterocycles. The van der Waals surface area contributed by atoms with Crippen LogP contribution >= 0.6 is 0 Å². The van der Waals surface area contributed by atoms with Gasteiger partial charge < -0.3 is 10.1 Å². The third-order valence-electron chi connectivity index (χ3n) is 6.06. The highest BCUT2D eigenvalue weighted by Crippen LogP contribution is 2.35. The highest BCUT2D eigenvalue weighted by atomic mass is 16.5. The first kappa shape index (κ1) is 20.8. The first-order chi connectivity index (χ1) is 13.7. The van der Waals surface area contributed by atoms with Crippen molar-refractivity contribution in [1.29, 1.82) is 0 Å². The number of esters is 1. The van der Waals surface area contributed by atoms with Crippen LogP contribution in [-0.4, -0.2) is 49.1 Å². The average Bonchev–Trinajstić information content (AvgIpc) is 3.46. The number of methoxy groups -OCH3 is 1. The number of aryl methyl sites for hydroxylation is 1. The normalized spacial score (nSPS) is 22.2. The molecule has 3 rings (SSSR count). The minimum absolute atomic E-state index is 0.131. The van der Waals surface area contributed by atoms with Crippen molar-refractivity contribution in [3.8, 4) is 0 Å². The Morgan fingerprint density at radius 1 is 1.07 bits per heavy atom. The van der Waals surface area contributed by atoms with E-state index in [9.17, 15) is 9.59 Å². The number of carbonyl (C=O) groups is 2. The van der Waals surface area contributed by atoms with Crippen LogP contribution in [0.3, 0.4) is 0 Å². The molecule has 1 aliphatic heterocycles. The summed E-state index contributed by atoms with van der Waals surface area (Å²) in [6.45, 7) is 1.75. The van der Waals surface area contributed by atoms with Crippen LogP contribution in [0.5, 0.6) is 0 Å². The molecule has 1 saturated heterocycles. The molecule has 154 valence electrons.